The van der Waals surface area contributed by atoms with Gasteiger partial charge in [-0.05, 0) is 19.1 Å². The molecule has 0 aliphatic carbocycles. The molecule has 0 radical (unpaired) electrons. The second-order valence-electron chi connectivity index (χ2n) is 5.57. The molecule has 2 heterocycles. The lowest BCUT2D eigenvalue weighted by Crippen LogP contribution is -2.05. The fourth-order valence-corrected chi connectivity index (χ4v) is 3.19. The predicted octanol–water partition coefficient (Wildman–Crippen LogP) is 3.07. The number of carbonyl (C=O) groups is 1. The molecule has 0 N–H and O–H groups in total. The number of aromatic nitrogens is 4. The quantitative estimate of drug-likeness (QED) is 0.285. The molecular weight excluding hydrogens is 354 g/mol. The van der Waals surface area contributed by atoms with E-state index in [1.807, 2.05) is 19.2 Å². The zero-order valence-electron chi connectivity index (χ0n) is 14.1. The Balaban J connectivity index is 1.74. The number of hydrogen-bond acceptors (Lipinski definition) is 7. The molecule has 0 atom stereocenters. The van der Waals surface area contributed by atoms with Crippen LogP contribution in [-0.4, -0.2) is 36.2 Å². The Morgan fingerprint density at radius 1 is 1.23 bits per heavy atom. The van der Waals surface area contributed by atoms with E-state index < -0.39 is 4.92 Å². The number of ketones is 1. The molecule has 0 aliphatic heterocycles. The lowest BCUT2D eigenvalue weighted by atomic mass is 10.1. The van der Waals surface area contributed by atoms with E-state index in [0.29, 0.717) is 22.1 Å². The van der Waals surface area contributed by atoms with Gasteiger partial charge in [0.05, 0.1) is 10.7 Å². The Hall–Kier alpha value is -3.07. The normalized spacial score (nSPS) is 10.7. The van der Waals surface area contributed by atoms with E-state index in [2.05, 4.69) is 15.2 Å². The molecule has 26 heavy (non-hydrogen) atoms. The van der Waals surface area contributed by atoms with E-state index >= 15 is 0 Å². The molecule has 0 saturated heterocycles. The van der Waals surface area contributed by atoms with Gasteiger partial charge < -0.3 is 4.57 Å². The molecule has 1 aromatic carbocycles. The van der Waals surface area contributed by atoms with E-state index in [1.165, 1.54) is 17.8 Å². The van der Waals surface area contributed by atoms with Gasteiger partial charge in [-0.25, -0.2) is 0 Å². The first-order chi connectivity index (χ1) is 12.5. The zero-order chi connectivity index (χ0) is 18.7. The fraction of sp³-hybridized carbons (Fsp3) is 0.176. The minimum atomic E-state index is -0.483. The molecule has 0 saturated carbocycles. The number of carbonyl (C=O) groups excluding carboxylic acids is 1. The van der Waals surface area contributed by atoms with E-state index in [9.17, 15) is 14.9 Å². The van der Waals surface area contributed by atoms with Crippen LogP contribution in [0.15, 0.2) is 47.9 Å². The number of aryl methyl sites for hydroxylation is 1. The van der Waals surface area contributed by atoms with Crippen LogP contribution in [0.4, 0.5) is 5.69 Å². The summed E-state index contributed by atoms with van der Waals surface area (Å²) in [6.07, 6.45) is 3.34. The Labute approximate surface area is 153 Å². The highest BCUT2D eigenvalue weighted by Crippen LogP contribution is 2.24. The number of nitro benzene ring substituents is 1. The molecule has 0 spiro atoms. The van der Waals surface area contributed by atoms with Crippen molar-refractivity contribution in [3.8, 4) is 11.4 Å². The first-order valence-corrected chi connectivity index (χ1v) is 8.66. The zero-order valence-corrected chi connectivity index (χ0v) is 14.9. The third-order valence-corrected chi connectivity index (χ3v) is 4.85. The smallest absolute Gasteiger partial charge is 0.273 e. The molecule has 0 unspecified atom stereocenters. The van der Waals surface area contributed by atoms with Gasteiger partial charge in [-0.2, -0.15) is 0 Å². The van der Waals surface area contributed by atoms with Gasteiger partial charge in [-0.1, -0.05) is 23.9 Å². The van der Waals surface area contributed by atoms with Crippen molar-refractivity contribution in [2.24, 2.45) is 7.05 Å². The Morgan fingerprint density at radius 3 is 2.65 bits per heavy atom. The number of nitro groups is 1. The SMILES string of the molecule is Cc1ccc(C(=O)CSc2nnc(-c3ccncc3)n2C)cc1[N+](=O)[O-]. The van der Waals surface area contributed by atoms with Gasteiger partial charge in [0.15, 0.2) is 16.8 Å². The maximum absolute atomic E-state index is 12.4. The van der Waals surface area contributed by atoms with Crippen LogP contribution in [0, 0.1) is 17.0 Å². The van der Waals surface area contributed by atoms with Crippen LogP contribution in [0.5, 0.6) is 0 Å². The van der Waals surface area contributed by atoms with Crippen LogP contribution in [-0.2, 0) is 7.05 Å². The summed E-state index contributed by atoms with van der Waals surface area (Å²) in [5.74, 6) is 0.586. The molecule has 132 valence electrons. The average molecular weight is 369 g/mol. The van der Waals surface area contributed by atoms with Crippen molar-refractivity contribution in [2.45, 2.75) is 12.1 Å². The number of hydrogen-bond donors (Lipinski definition) is 0. The molecule has 0 bridgehead atoms. The van der Waals surface area contributed by atoms with E-state index in [-0.39, 0.29) is 17.2 Å². The highest BCUT2D eigenvalue weighted by molar-refractivity contribution is 7.99. The molecule has 0 aliphatic rings. The van der Waals surface area contributed by atoms with Gasteiger partial charge in [0.2, 0.25) is 0 Å². The van der Waals surface area contributed by atoms with Crippen molar-refractivity contribution in [2.75, 3.05) is 5.75 Å². The predicted molar refractivity (Wildman–Crippen MR) is 97.1 cm³/mol. The minimum absolute atomic E-state index is 0.0560. The lowest BCUT2D eigenvalue weighted by molar-refractivity contribution is -0.385. The number of Topliss-reactive ketones (excluding diaryl/α,β-unsaturated/α-hetero) is 1. The molecule has 3 aromatic rings. The van der Waals surface area contributed by atoms with Crippen LogP contribution in [0.25, 0.3) is 11.4 Å². The van der Waals surface area contributed by atoms with Crippen LogP contribution in [0.1, 0.15) is 15.9 Å². The standard InChI is InChI=1S/C17H15N5O3S/c1-11-3-4-13(9-14(11)22(24)25)15(23)10-26-17-20-19-16(21(17)2)12-5-7-18-8-6-12/h3-9H,10H2,1-2H3. The maximum Gasteiger partial charge on any atom is 0.273 e. The number of benzene rings is 1. The summed E-state index contributed by atoms with van der Waals surface area (Å²) in [5, 5.41) is 19.9. The fourth-order valence-electron chi connectivity index (χ4n) is 2.39. The van der Waals surface area contributed by atoms with Crippen LogP contribution >= 0.6 is 11.8 Å². The van der Waals surface area contributed by atoms with Gasteiger partial charge in [-0.15, -0.1) is 10.2 Å². The lowest BCUT2D eigenvalue weighted by Gasteiger charge is -2.04. The van der Waals surface area contributed by atoms with E-state index in [1.54, 1.807) is 36.0 Å². The summed E-state index contributed by atoms with van der Waals surface area (Å²) < 4.78 is 1.80. The molecule has 3 rings (SSSR count). The first-order valence-electron chi connectivity index (χ1n) is 7.68. The Morgan fingerprint density at radius 2 is 1.96 bits per heavy atom. The summed E-state index contributed by atoms with van der Waals surface area (Å²) in [4.78, 5) is 26.9. The Kier molecular flexibility index (Phi) is 5.08. The molecular formula is C17H15N5O3S. The van der Waals surface area contributed by atoms with Crippen LogP contribution in [0.3, 0.4) is 0 Å². The minimum Gasteiger partial charge on any atom is -0.305 e. The second kappa shape index (κ2) is 7.44. The second-order valence-corrected chi connectivity index (χ2v) is 6.51. The number of pyridine rings is 1. The summed E-state index contributed by atoms with van der Waals surface area (Å²) in [5.41, 5.74) is 1.66. The largest absolute Gasteiger partial charge is 0.305 e. The van der Waals surface area contributed by atoms with Crippen molar-refractivity contribution in [3.05, 3.63) is 64.0 Å². The Bertz CT molecular complexity index is 972. The first kappa shape index (κ1) is 17.7. The summed E-state index contributed by atoms with van der Waals surface area (Å²) >= 11 is 1.24. The van der Waals surface area contributed by atoms with Crippen molar-refractivity contribution in [1.29, 1.82) is 0 Å². The highest BCUT2D eigenvalue weighted by Gasteiger charge is 2.17. The summed E-state index contributed by atoms with van der Waals surface area (Å²) in [6, 6.07) is 8.16. The molecule has 8 nitrogen and oxygen atoms in total. The topological polar surface area (TPSA) is 104 Å². The van der Waals surface area contributed by atoms with E-state index in [0.717, 1.165) is 5.56 Å². The molecule has 2 aromatic heterocycles. The number of thioether (sulfide) groups is 1. The number of nitrogens with zero attached hydrogens (tertiary/aromatic N) is 5. The van der Waals surface area contributed by atoms with Gasteiger partial charge in [0, 0.05) is 42.2 Å². The van der Waals surface area contributed by atoms with Gasteiger partial charge in [-0.3, -0.25) is 19.9 Å². The van der Waals surface area contributed by atoms with Crippen molar-refractivity contribution < 1.29 is 9.72 Å². The van der Waals surface area contributed by atoms with Crippen molar-refractivity contribution in [3.63, 3.8) is 0 Å². The van der Waals surface area contributed by atoms with Gasteiger partial charge in [0.1, 0.15) is 0 Å². The maximum atomic E-state index is 12.4. The van der Waals surface area contributed by atoms with Crippen molar-refractivity contribution in [1.82, 2.24) is 19.7 Å². The van der Waals surface area contributed by atoms with Gasteiger partial charge in [0.25, 0.3) is 5.69 Å². The summed E-state index contributed by atoms with van der Waals surface area (Å²) in [7, 11) is 1.82. The molecule has 0 amide bonds. The third-order valence-electron chi connectivity index (χ3n) is 3.83. The van der Waals surface area contributed by atoms with E-state index in [4.69, 9.17) is 0 Å². The van der Waals surface area contributed by atoms with Crippen molar-refractivity contribution >= 4 is 23.2 Å². The number of rotatable bonds is 6. The molecule has 0 fully saturated rings. The summed E-state index contributed by atoms with van der Waals surface area (Å²) in [6.45, 7) is 1.64. The third kappa shape index (κ3) is 3.62. The average Bonchev–Trinajstić information content (AvgIpc) is 3.01. The monoisotopic (exact) mass is 369 g/mol. The van der Waals surface area contributed by atoms with Crippen LogP contribution < -0.4 is 0 Å². The highest BCUT2D eigenvalue weighted by atomic mass is 32.2. The van der Waals surface area contributed by atoms with Gasteiger partial charge >= 0.3 is 0 Å². The van der Waals surface area contributed by atoms with Crippen LogP contribution in [0.2, 0.25) is 0 Å². The molecule has 9 heteroatoms.